The molecule has 2 aliphatic heterocycles. The highest BCUT2D eigenvalue weighted by Crippen LogP contribution is 2.40. The maximum absolute atomic E-state index is 15.2. The molecule has 2 saturated heterocycles. The summed E-state index contributed by atoms with van der Waals surface area (Å²) in [5, 5.41) is 4.42. The fourth-order valence-electron chi connectivity index (χ4n) is 7.23. The van der Waals surface area contributed by atoms with E-state index < -0.39 is 15.7 Å². The number of ether oxygens (including phenoxy) is 2. The normalized spacial score (nSPS) is 17.3. The Labute approximate surface area is 300 Å². The number of aromatic nitrogens is 2. The Hall–Kier alpha value is -5.33. The number of Topliss-reactive ketones (excluding diaryl/α,β-unsaturated/α-hetero) is 1. The standard InChI is InChI=1S/C40H36F2N4O5S/c1-24-16-28(10-11-36(24)51-37-9-5-4-8-35(37)42)46-40(43)33(21-44-46)39(47)27-17-25-19-32(31-6-2-3-7-34(31)41)38(20-26(25)18-27)50-30-12-14-45(15-13-30)29-22-52(48,49)23-29/h2-11,16,18-21,29-30H,12-15,17,22-23,43H2,1H3. The molecule has 5 aromatic rings. The van der Waals surface area contributed by atoms with Crippen LogP contribution in [-0.4, -0.2) is 65.6 Å². The number of aryl methyl sites for hydroxylation is 1. The molecule has 0 amide bonds. The molecule has 1 aromatic heterocycles. The van der Waals surface area contributed by atoms with Crippen molar-refractivity contribution < 1.29 is 31.5 Å². The number of ketones is 1. The molecule has 1 aliphatic carbocycles. The van der Waals surface area contributed by atoms with Crippen molar-refractivity contribution in [3.05, 3.63) is 125 Å². The first-order valence-electron chi connectivity index (χ1n) is 17.2. The summed E-state index contributed by atoms with van der Waals surface area (Å²) >= 11 is 0. The van der Waals surface area contributed by atoms with E-state index in [1.807, 2.05) is 25.1 Å². The van der Waals surface area contributed by atoms with Gasteiger partial charge in [-0.3, -0.25) is 9.69 Å². The van der Waals surface area contributed by atoms with Crippen LogP contribution >= 0.6 is 0 Å². The molecular formula is C40H36F2N4O5S. The fraction of sp³-hybridized carbons (Fsp3) is 0.250. The molecule has 0 unspecified atom stereocenters. The number of hydrogen-bond acceptors (Lipinski definition) is 8. The molecular weight excluding hydrogens is 687 g/mol. The Bertz CT molecular complexity index is 2350. The van der Waals surface area contributed by atoms with Crippen LogP contribution in [0.1, 0.15) is 39.9 Å². The number of anilines is 1. The molecule has 0 atom stereocenters. The fourth-order valence-corrected chi connectivity index (χ4v) is 8.73. The van der Waals surface area contributed by atoms with Crippen LogP contribution in [0.3, 0.4) is 0 Å². The molecule has 2 fully saturated rings. The number of nitrogens with two attached hydrogens (primary N) is 1. The summed E-state index contributed by atoms with van der Waals surface area (Å²) in [5.41, 5.74) is 11.3. The number of likely N-dealkylation sites (tertiary alicyclic amines) is 1. The van der Waals surface area contributed by atoms with Gasteiger partial charge in [-0.25, -0.2) is 21.9 Å². The Kier molecular flexibility index (Phi) is 8.67. The van der Waals surface area contributed by atoms with Crippen LogP contribution in [0.25, 0.3) is 22.9 Å². The number of rotatable bonds is 9. The molecule has 8 rings (SSSR count). The number of allylic oxidation sites excluding steroid dienone is 1. The molecule has 4 aromatic carbocycles. The smallest absolute Gasteiger partial charge is 0.194 e. The molecule has 9 nitrogen and oxygen atoms in total. The van der Waals surface area contributed by atoms with Crippen molar-refractivity contribution in [1.82, 2.24) is 14.7 Å². The minimum atomic E-state index is -2.91. The van der Waals surface area contributed by atoms with E-state index in [1.165, 1.54) is 23.0 Å². The van der Waals surface area contributed by atoms with Crippen molar-refractivity contribution in [2.75, 3.05) is 30.3 Å². The number of halogens is 2. The lowest BCUT2D eigenvalue weighted by Crippen LogP contribution is -2.56. The van der Waals surface area contributed by atoms with Crippen molar-refractivity contribution in [1.29, 1.82) is 0 Å². The summed E-state index contributed by atoms with van der Waals surface area (Å²) in [6, 6.07) is 21.8. The van der Waals surface area contributed by atoms with Crippen molar-refractivity contribution in [2.24, 2.45) is 0 Å². The molecule has 3 aliphatic rings. The quantitative estimate of drug-likeness (QED) is 0.162. The van der Waals surface area contributed by atoms with Crippen molar-refractivity contribution in [2.45, 2.75) is 38.3 Å². The molecule has 52 heavy (non-hydrogen) atoms. The lowest BCUT2D eigenvalue weighted by atomic mass is 9.97. The highest BCUT2D eigenvalue weighted by atomic mass is 32.2. The van der Waals surface area contributed by atoms with Gasteiger partial charge >= 0.3 is 0 Å². The van der Waals surface area contributed by atoms with Gasteiger partial charge in [0, 0.05) is 42.3 Å². The van der Waals surface area contributed by atoms with Gasteiger partial charge in [-0.2, -0.15) is 5.10 Å². The number of benzene rings is 4. The zero-order valence-electron chi connectivity index (χ0n) is 28.4. The van der Waals surface area contributed by atoms with Crippen LogP contribution in [0.5, 0.6) is 17.2 Å². The number of carbonyl (C=O) groups is 1. The zero-order chi connectivity index (χ0) is 36.1. The van der Waals surface area contributed by atoms with Crippen LogP contribution in [0.2, 0.25) is 0 Å². The van der Waals surface area contributed by atoms with Gasteiger partial charge in [0.15, 0.2) is 27.2 Å². The number of para-hydroxylation sites is 1. The zero-order valence-corrected chi connectivity index (χ0v) is 29.2. The summed E-state index contributed by atoms with van der Waals surface area (Å²) in [6.07, 6.45) is 4.90. The minimum Gasteiger partial charge on any atom is -0.490 e. The van der Waals surface area contributed by atoms with Gasteiger partial charge in [0.1, 0.15) is 29.2 Å². The van der Waals surface area contributed by atoms with Gasteiger partial charge in [0.25, 0.3) is 0 Å². The van der Waals surface area contributed by atoms with Crippen LogP contribution < -0.4 is 15.2 Å². The van der Waals surface area contributed by atoms with Gasteiger partial charge in [-0.15, -0.1) is 0 Å². The maximum atomic E-state index is 15.2. The van der Waals surface area contributed by atoms with Gasteiger partial charge in [-0.1, -0.05) is 30.3 Å². The predicted molar refractivity (Wildman–Crippen MR) is 195 cm³/mol. The molecule has 3 heterocycles. The van der Waals surface area contributed by atoms with Crippen molar-refractivity contribution >= 4 is 27.5 Å². The number of nitrogens with zero attached hydrogens (tertiary/aromatic N) is 3. The highest BCUT2D eigenvalue weighted by molar-refractivity contribution is 7.92. The second-order valence-corrected chi connectivity index (χ2v) is 15.8. The van der Waals surface area contributed by atoms with E-state index in [-0.39, 0.29) is 52.4 Å². The van der Waals surface area contributed by atoms with Gasteiger partial charge in [0.2, 0.25) is 0 Å². The summed E-state index contributed by atoms with van der Waals surface area (Å²) in [7, 11) is -2.91. The molecule has 0 radical (unpaired) electrons. The van der Waals surface area contributed by atoms with E-state index in [0.29, 0.717) is 53.1 Å². The number of hydrogen-bond donors (Lipinski definition) is 1. The van der Waals surface area contributed by atoms with Crippen LogP contribution in [0, 0.1) is 18.6 Å². The van der Waals surface area contributed by atoms with E-state index in [1.54, 1.807) is 54.6 Å². The van der Waals surface area contributed by atoms with Gasteiger partial charge in [0.05, 0.1) is 29.0 Å². The monoisotopic (exact) mass is 722 g/mol. The minimum absolute atomic E-state index is 0.0680. The van der Waals surface area contributed by atoms with Crippen LogP contribution in [-0.2, 0) is 16.3 Å². The summed E-state index contributed by atoms with van der Waals surface area (Å²) in [6.45, 7) is 3.28. The summed E-state index contributed by atoms with van der Waals surface area (Å²) in [4.78, 5) is 16.1. The van der Waals surface area contributed by atoms with Crippen molar-refractivity contribution in [3.8, 4) is 34.1 Å². The Morgan fingerprint density at radius 1 is 0.885 bits per heavy atom. The van der Waals surface area contributed by atoms with Crippen LogP contribution in [0.15, 0.2) is 90.6 Å². The largest absolute Gasteiger partial charge is 0.490 e. The molecule has 2 N–H and O–H groups in total. The SMILES string of the molecule is Cc1cc(-n2ncc(C(=O)C3=Cc4cc(OC5CCN(C6CS(=O)(=O)C6)CC5)c(-c5ccccc5F)cc4C3)c2N)ccc1Oc1ccccc1F. The first kappa shape index (κ1) is 33.8. The van der Waals surface area contributed by atoms with E-state index in [4.69, 9.17) is 15.2 Å². The lowest BCUT2D eigenvalue weighted by Gasteiger charge is -2.41. The topological polar surface area (TPSA) is 117 Å². The average Bonchev–Trinajstić information content (AvgIpc) is 3.72. The molecule has 12 heteroatoms. The number of nitrogen functional groups attached to an aromatic ring is 1. The van der Waals surface area contributed by atoms with E-state index in [2.05, 4.69) is 10.00 Å². The number of piperidine rings is 1. The van der Waals surface area contributed by atoms with Crippen molar-refractivity contribution in [3.63, 3.8) is 0 Å². The third kappa shape index (κ3) is 6.48. The molecule has 266 valence electrons. The molecule has 0 bridgehead atoms. The Balaban J connectivity index is 1.02. The second kappa shape index (κ2) is 13.3. The Morgan fingerprint density at radius 3 is 2.33 bits per heavy atom. The number of sulfone groups is 1. The highest BCUT2D eigenvalue weighted by Gasteiger charge is 2.39. The second-order valence-electron chi connectivity index (χ2n) is 13.6. The van der Waals surface area contributed by atoms with E-state index in [9.17, 15) is 17.6 Å². The summed E-state index contributed by atoms with van der Waals surface area (Å²) in [5.74, 6) is 0.593. The lowest BCUT2D eigenvalue weighted by molar-refractivity contribution is 0.0826. The third-order valence-electron chi connectivity index (χ3n) is 10.1. The average molecular weight is 723 g/mol. The first-order valence-corrected chi connectivity index (χ1v) is 19.0. The number of carbonyl (C=O) groups excluding carboxylic acids is 1. The van der Waals surface area contributed by atoms with E-state index >= 15 is 4.39 Å². The predicted octanol–water partition coefficient (Wildman–Crippen LogP) is 6.96. The first-order chi connectivity index (χ1) is 25.0. The van der Waals surface area contributed by atoms with Gasteiger partial charge in [-0.05, 0) is 91.1 Å². The maximum Gasteiger partial charge on any atom is 0.194 e. The van der Waals surface area contributed by atoms with Gasteiger partial charge < -0.3 is 15.2 Å². The summed E-state index contributed by atoms with van der Waals surface area (Å²) < 4.78 is 66.6. The third-order valence-corrected chi connectivity index (χ3v) is 11.9. The molecule has 0 spiro atoms. The molecule has 0 saturated carbocycles. The van der Waals surface area contributed by atoms with Crippen LogP contribution in [0.4, 0.5) is 14.6 Å². The number of fused-ring (bicyclic) bond motifs is 1. The Morgan fingerprint density at radius 2 is 1.62 bits per heavy atom. The van der Waals surface area contributed by atoms with E-state index in [0.717, 1.165) is 29.8 Å².